The van der Waals surface area contributed by atoms with Crippen molar-refractivity contribution in [3.63, 3.8) is 0 Å². The van der Waals surface area contributed by atoms with E-state index in [-0.39, 0.29) is 12.0 Å². The predicted octanol–water partition coefficient (Wildman–Crippen LogP) is 5.42. The highest BCUT2D eigenvalue weighted by molar-refractivity contribution is 6.09. The van der Waals surface area contributed by atoms with Gasteiger partial charge in [0, 0.05) is 22.2 Å². The standard InChI is InChI=1S/C23H25NO3/c1-4-26-22-13-12-18(14-19(22)15-27-16(2)3)23(25)24-21-11-7-9-17-8-5-6-10-20(17)21/h5-14,16H,4,15H2,1-3H3,(H,24,25). The average molecular weight is 363 g/mol. The summed E-state index contributed by atoms with van der Waals surface area (Å²) in [5.41, 5.74) is 2.25. The van der Waals surface area contributed by atoms with Crippen molar-refractivity contribution in [3.8, 4) is 5.75 Å². The van der Waals surface area contributed by atoms with Crippen molar-refractivity contribution in [2.45, 2.75) is 33.5 Å². The van der Waals surface area contributed by atoms with E-state index in [2.05, 4.69) is 5.32 Å². The van der Waals surface area contributed by atoms with E-state index < -0.39 is 0 Å². The molecule has 140 valence electrons. The maximum absolute atomic E-state index is 12.8. The van der Waals surface area contributed by atoms with E-state index in [9.17, 15) is 4.79 Å². The third-order valence-electron chi connectivity index (χ3n) is 4.23. The fourth-order valence-corrected chi connectivity index (χ4v) is 2.92. The highest BCUT2D eigenvalue weighted by atomic mass is 16.5. The summed E-state index contributed by atoms with van der Waals surface area (Å²) >= 11 is 0. The summed E-state index contributed by atoms with van der Waals surface area (Å²) in [5.74, 6) is 0.597. The molecule has 1 N–H and O–H groups in total. The lowest BCUT2D eigenvalue weighted by Gasteiger charge is -2.14. The lowest BCUT2D eigenvalue weighted by Crippen LogP contribution is -2.13. The second-order valence-electron chi connectivity index (χ2n) is 6.60. The molecule has 0 aliphatic carbocycles. The number of hydrogen-bond donors (Lipinski definition) is 1. The normalized spacial score (nSPS) is 11.0. The van der Waals surface area contributed by atoms with Crippen molar-refractivity contribution >= 4 is 22.4 Å². The average Bonchev–Trinajstić information content (AvgIpc) is 2.67. The molecule has 0 heterocycles. The summed E-state index contributed by atoms with van der Waals surface area (Å²) in [5, 5.41) is 5.13. The summed E-state index contributed by atoms with van der Waals surface area (Å²) in [7, 11) is 0. The molecule has 3 aromatic carbocycles. The Balaban J connectivity index is 1.86. The molecule has 1 amide bonds. The molecule has 3 aromatic rings. The molecule has 0 bridgehead atoms. The molecule has 4 heteroatoms. The van der Waals surface area contributed by atoms with Gasteiger partial charge in [-0.05, 0) is 50.4 Å². The first kappa shape index (κ1) is 18.9. The van der Waals surface area contributed by atoms with E-state index >= 15 is 0 Å². The number of amides is 1. The maximum Gasteiger partial charge on any atom is 0.255 e. The van der Waals surface area contributed by atoms with Gasteiger partial charge in [0.15, 0.2) is 0 Å². The molecule has 0 aliphatic rings. The zero-order chi connectivity index (χ0) is 19.2. The number of carbonyl (C=O) groups excluding carboxylic acids is 1. The zero-order valence-corrected chi connectivity index (χ0v) is 16.0. The van der Waals surface area contributed by atoms with Gasteiger partial charge in [0.2, 0.25) is 0 Å². The largest absolute Gasteiger partial charge is 0.494 e. The van der Waals surface area contributed by atoms with Crippen molar-refractivity contribution in [1.29, 1.82) is 0 Å². The van der Waals surface area contributed by atoms with Gasteiger partial charge in [-0.2, -0.15) is 0 Å². The molecule has 0 radical (unpaired) electrons. The maximum atomic E-state index is 12.8. The highest BCUT2D eigenvalue weighted by Gasteiger charge is 2.13. The first-order chi connectivity index (χ1) is 13.1. The fourth-order valence-electron chi connectivity index (χ4n) is 2.92. The summed E-state index contributed by atoms with van der Waals surface area (Å²) < 4.78 is 11.4. The lowest BCUT2D eigenvalue weighted by atomic mass is 10.1. The van der Waals surface area contributed by atoms with Crippen LogP contribution in [0.4, 0.5) is 5.69 Å². The minimum Gasteiger partial charge on any atom is -0.494 e. The van der Waals surface area contributed by atoms with Crippen LogP contribution >= 0.6 is 0 Å². The van der Waals surface area contributed by atoms with Gasteiger partial charge < -0.3 is 14.8 Å². The minimum atomic E-state index is -0.153. The Labute approximate surface area is 160 Å². The fraction of sp³-hybridized carbons (Fsp3) is 0.261. The van der Waals surface area contributed by atoms with E-state index in [1.165, 1.54) is 0 Å². The van der Waals surface area contributed by atoms with Gasteiger partial charge in [0.1, 0.15) is 5.75 Å². The molecular formula is C23H25NO3. The van der Waals surface area contributed by atoms with Gasteiger partial charge in [0.25, 0.3) is 5.91 Å². The van der Waals surface area contributed by atoms with Crippen LogP contribution in [-0.2, 0) is 11.3 Å². The van der Waals surface area contributed by atoms with Gasteiger partial charge in [-0.25, -0.2) is 0 Å². The molecule has 3 rings (SSSR count). The van der Waals surface area contributed by atoms with Gasteiger partial charge >= 0.3 is 0 Å². The third kappa shape index (κ3) is 4.66. The molecule has 0 unspecified atom stereocenters. The second-order valence-corrected chi connectivity index (χ2v) is 6.60. The Kier molecular flexibility index (Phi) is 6.09. The first-order valence-electron chi connectivity index (χ1n) is 9.25. The topological polar surface area (TPSA) is 47.6 Å². The van der Waals surface area contributed by atoms with E-state index in [0.717, 1.165) is 27.8 Å². The molecular weight excluding hydrogens is 338 g/mol. The predicted molar refractivity (Wildman–Crippen MR) is 109 cm³/mol. The van der Waals surface area contributed by atoms with Crippen molar-refractivity contribution in [3.05, 3.63) is 71.8 Å². The highest BCUT2D eigenvalue weighted by Crippen LogP contribution is 2.25. The van der Waals surface area contributed by atoms with Gasteiger partial charge in [-0.1, -0.05) is 36.4 Å². The second kappa shape index (κ2) is 8.69. The van der Waals surface area contributed by atoms with Crippen molar-refractivity contribution in [2.24, 2.45) is 0 Å². The van der Waals surface area contributed by atoms with Crippen LogP contribution < -0.4 is 10.1 Å². The van der Waals surface area contributed by atoms with Crippen molar-refractivity contribution in [2.75, 3.05) is 11.9 Å². The van der Waals surface area contributed by atoms with E-state index in [0.29, 0.717) is 18.8 Å². The van der Waals surface area contributed by atoms with Crippen LogP contribution in [0.3, 0.4) is 0 Å². The van der Waals surface area contributed by atoms with Crippen LogP contribution in [0.15, 0.2) is 60.7 Å². The summed E-state index contributed by atoms with van der Waals surface area (Å²) in [6.45, 7) is 6.88. The Bertz CT molecular complexity index is 929. The smallest absolute Gasteiger partial charge is 0.255 e. The summed E-state index contributed by atoms with van der Waals surface area (Å²) in [6, 6.07) is 19.3. The van der Waals surface area contributed by atoms with Crippen LogP contribution in [0.2, 0.25) is 0 Å². The molecule has 0 saturated carbocycles. The molecule has 27 heavy (non-hydrogen) atoms. The SMILES string of the molecule is CCOc1ccc(C(=O)Nc2cccc3ccccc23)cc1COC(C)C. The summed E-state index contributed by atoms with van der Waals surface area (Å²) in [6.07, 6.45) is 0.104. The van der Waals surface area contributed by atoms with Gasteiger partial charge in [-0.15, -0.1) is 0 Å². The van der Waals surface area contributed by atoms with Crippen LogP contribution in [0.25, 0.3) is 10.8 Å². The Morgan fingerprint density at radius 3 is 2.59 bits per heavy atom. The lowest BCUT2D eigenvalue weighted by molar-refractivity contribution is 0.0641. The molecule has 0 aromatic heterocycles. The zero-order valence-electron chi connectivity index (χ0n) is 16.0. The number of carbonyl (C=O) groups is 1. The third-order valence-corrected chi connectivity index (χ3v) is 4.23. The van der Waals surface area contributed by atoms with Crippen LogP contribution in [0, 0.1) is 0 Å². The number of nitrogens with one attached hydrogen (secondary N) is 1. The molecule has 0 saturated heterocycles. The van der Waals surface area contributed by atoms with Crippen LogP contribution in [0.5, 0.6) is 5.75 Å². The van der Waals surface area contributed by atoms with E-state index in [1.54, 1.807) is 6.07 Å². The Morgan fingerprint density at radius 1 is 1.04 bits per heavy atom. The van der Waals surface area contributed by atoms with Crippen molar-refractivity contribution < 1.29 is 14.3 Å². The van der Waals surface area contributed by atoms with E-state index in [4.69, 9.17) is 9.47 Å². The number of rotatable bonds is 7. The molecule has 0 fully saturated rings. The number of fused-ring (bicyclic) bond motifs is 1. The summed E-state index contributed by atoms with van der Waals surface area (Å²) in [4.78, 5) is 12.8. The molecule has 0 spiro atoms. The van der Waals surface area contributed by atoms with Crippen LogP contribution in [-0.4, -0.2) is 18.6 Å². The Morgan fingerprint density at radius 2 is 1.81 bits per heavy atom. The monoisotopic (exact) mass is 363 g/mol. The number of benzene rings is 3. The molecule has 4 nitrogen and oxygen atoms in total. The van der Waals surface area contributed by atoms with Crippen LogP contribution in [0.1, 0.15) is 36.7 Å². The Hall–Kier alpha value is -2.85. The van der Waals surface area contributed by atoms with Crippen molar-refractivity contribution in [1.82, 2.24) is 0 Å². The number of hydrogen-bond acceptors (Lipinski definition) is 3. The quantitative estimate of drug-likeness (QED) is 0.610. The number of anilines is 1. The molecule has 0 aliphatic heterocycles. The van der Waals surface area contributed by atoms with E-state index in [1.807, 2.05) is 75.4 Å². The minimum absolute atomic E-state index is 0.104. The molecule has 0 atom stereocenters. The van der Waals surface area contributed by atoms with Gasteiger partial charge in [-0.3, -0.25) is 4.79 Å². The first-order valence-corrected chi connectivity index (χ1v) is 9.25. The van der Waals surface area contributed by atoms with Gasteiger partial charge in [0.05, 0.1) is 19.3 Å². The number of ether oxygens (including phenoxy) is 2.